The molecule has 1 aromatic rings. The molecule has 0 saturated heterocycles. The average Bonchev–Trinajstić information content (AvgIpc) is 2.32. The summed E-state index contributed by atoms with van der Waals surface area (Å²) in [6, 6.07) is 3.95. The standard InChI is InChI=1S/C12H19BrN2OS/c1-10(9-14-6-4-8-16-2)17-12-11(13)5-3-7-15-12/h3,5,7,10,14H,4,6,8-9H2,1-2H3. The number of methoxy groups -OCH3 is 1. The normalized spacial score (nSPS) is 12.6. The van der Waals surface area contributed by atoms with Gasteiger partial charge in [-0.1, -0.05) is 6.92 Å². The van der Waals surface area contributed by atoms with Crippen LogP contribution in [-0.4, -0.2) is 37.0 Å². The number of hydrogen-bond acceptors (Lipinski definition) is 4. The number of nitrogens with one attached hydrogen (secondary N) is 1. The Morgan fingerprint density at radius 3 is 3.12 bits per heavy atom. The van der Waals surface area contributed by atoms with Gasteiger partial charge < -0.3 is 10.1 Å². The molecule has 1 atom stereocenters. The van der Waals surface area contributed by atoms with Crippen LogP contribution in [0.25, 0.3) is 0 Å². The summed E-state index contributed by atoms with van der Waals surface area (Å²) in [7, 11) is 1.73. The topological polar surface area (TPSA) is 34.1 Å². The lowest BCUT2D eigenvalue weighted by atomic mass is 10.4. The lowest BCUT2D eigenvalue weighted by Gasteiger charge is -2.12. The van der Waals surface area contributed by atoms with Crippen molar-refractivity contribution < 1.29 is 4.74 Å². The summed E-state index contributed by atoms with van der Waals surface area (Å²) >= 11 is 5.29. The van der Waals surface area contributed by atoms with Crippen molar-refractivity contribution in [3.05, 3.63) is 22.8 Å². The molecule has 0 aliphatic carbocycles. The van der Waals surface area contributed by atoms with Gasteiger partial charge in [0.25, 0.3) is 0 Å². The van der Waals surface area contributed by atoms with Crippen molar-refractivity contribution in [1.82, 2.24) is 10.3 Å². The maximum Gasteiger partial charge on any atom is 0.110 e. The van der Waals surface area contributed by atoms with Gasteiger partial charge in [-0.25, -0.2) is 4.98 Å². The largest absolute Gasteiger partial charge is 0.385 e. The molecule has 0 bridgehead atoms. The molecule has 0 radical (unpaired) electrons. The molecule has 1 aromatic heterocycles. The Hall–Kier alpha value is -0.100. The smallest absolute Gasteiger partial charge is 0.110 e. The summed E-state index contributed by atoms with van der Waals surface area (Å²) in [5.74, 6) is 0. The van der Waals surface area contributed by atoms with Gasteiger partial charge in [0.2, 0.25) is 0 Å². The van der Waals surface area contributed by atoms with E-state index in [1.54, 1.807) is 18.9 Å². The fourth-order valence-corrected chi connectivity index (χ4v) is 2.76. The highest BCUT2D eigenvalue weighted by atomic mass is 79.9. The first-order valence-electron chi connectivity index (χ1n) is 5.71. The van der Waals surface area contributed by atoms with Crippen LogP contribution in [0.1, 0.15) is 13.3 Å². The fraction of sp³-hybridized carbons (Fsp3) is 0.583. The van der Waals surface area contributed by atoms with Crippen LogP contribution < -0.4 is 5.32 Å². The van der Waals surface area contributed by atoms with Crippen LogP contribution in [0.2, 0.25) is 0 Å². The van der Waals surface area contributed by atoms with Crippen LogP contribution in [0.4, 0.5) is 0 Å². The van der Waals surface area contributed by atoms with E-state index < -0.39 is 0 Å². The third-order valence-electron chi connectivity index (χ3n) is 2.17. The first-order valence-corrected chi connectivity index (χ1v) is 7.38. The number of halogens is 1. The zero-order chi connectivity index (χ0) is 12.5. The third-order valence-corrected chi connectivity index (χ3v) is 4.19. The minimum atomic E-state index is 0.503. The molecule has 0 aromatic carbocycles. The Labute approximate surface area is 116 Å². The highest BCUT2D eigenvalue weighted by Gasteiger charge is 2.07. The first kappa shape index (κ1) is 15.0. The lowest BCUT2D eigenvalue weighted by molar-refractivity contribution is 0.194. The lowest BCUT2D eigenvalue weighted by Crippen LogP contribution is -2.24. The van der Waals surface area contributed by atoms with Crippen molar-refractivity contribution in [3.8, 4) is 0 Å². The van der Waals surface area contributed by atoms with Gasteiger partial charge in [-0.2, -0.15) is 0 Å². The molecule has 3 nitrogen and oxygen atoms in total. The second kappa shape index (κ2) is 8.91. The molecule has 0 amide bonds. The summed E-state index contributed by atoms with van der Waals surface area (Å²) in [4.78, 5) is 4.34. The molecule has 0 saturated carbocycles. The Morgan fingerprint density at radius 1 is 1.59 bits per heavy atom. The zero-order valence-electron chi connectivity index (χ0n) is 10.3. The number of pyridine rings is 1. The van der Waals surface area contributed by atoms with Crippen molar-refractivity contribution in [3.63, 3.8) is 0 Å². The first-order chi connectivity index (χ1) is 8.24. The number of nitrogens with zero attached hydrogens (tertiary/aromatic N) is 1. The van der Waals surface area contributed by atoms with Crippen molar-refractivity contribution in [2.75, 3.05) is 26.8 Å². The highest BCUT2D eigenvalue weighted by Crippen LogP contribution is 2.27. The van der Waals surface area contributed by atoms with Gasteiger partial charge in [0.1, 0.15) is 5.03 Å². The van der Waals surface area contributed by atoms with E-state index in [0.29, 0.717) is 5.25 Å². The molecule has 96 valence electrons. The molecular formula is C12H19BrN2OS. The van der Waals surface area contributed by atoms with Gasteiger partial charge >= 0.3 is 0 Å². The van der Waals surface area contributed by atoms with Gasteiger partial charge in [-0.3, -0.25) is 0 Å². The second-order valence-electron chi connectivity index (χ2n) is 3.77. The monoisotopic (exact) mass is 318 g/mol. The number of thioether (sulfide) groups is 1. The molecule has 0 fully saturated rings. The maximum atomic E-state index is 5.00. The summed E-state index contributed by atoms with van der Waals surface area (Å²) in [5, 5.41) is 4.97. The third kappa shape index (κ3) is 6.41. The molecular weight excluding hydrogens is 300 g/mol. The van der Waals surface area contributed by atoms with Crippen molar-refractivity contribution in [1.29, 1.82) is 0 Å². The Bertz CT molecular complexity index is 325. The average molecular weight is 319 g/mol. The highest BCUT2D eigenvalue weighted by molar-refractivity contribution is 9.10. The predicted molar refractivity (Wildman–Crippen MR) is 76.6 cm³/mol. The van der Waals surface area contributed by atoms with E-state index in [2.05, 4.69) is 33.2 Å². The van der Waals surface area contributed by atoms with Gasteiger partial charge in [-0.05, 0) is 41.0 Å². The number of rotatable bonds is 8. The van der Waals surface area contributed by atoms with Gasteiger partial charge in [0, 0.05) is 36.2 Å². The van der Waals surface area contributed by atoms with Gasteiger partial charge in [0.05, 0.1) is 0 Å². The van der Waals surface area contributed by atoms with Crippen LogP contribution in [0.5, 0.6) is 0 Å². The molecule has 0 aliphatic heterocycles. The van der Waals surface area contributed by atoms with Gasteiger partial charge in [0.15, 0.2) is 0 Å². The van der Waals surface area contributed by atoms with Crippen LogP contribution >= 0.6 is 27.7 Å². The number of aromatic nitrogens is 1. The minimum absolute atomic E-state index is 0.503. The van der Waals surface area contributed by atoms with E-state index >= 15 is 0 Å². The Morgan fingerprint density at radius 2 is 2.41 bits per heavy atom. The molecule has 5 heteroatoms. The van der Waals surface area contributed by atoms with Crippen LogP contribution in [-0.2, 0) is 4.74 Å². The zero-order valence-corrected chi connectivity index (χ0v) is 12.7. The Balaban J connectivity index is 2.21. The van der Waals surface area contributed by atoms with Crippen molar-refractivity contribution in [2.24, 2.45) is 0 Å². The van der Waals surface area contributed by atoms with Gasteiger partial charge in [-0.15, -0.1) is 11.8 Å². The van der Waals surface area contributed by atoms with Crippen molar-refractivity contribution >= 4 is 27.7 Å². The van der Waals surface area contributed by atoms with Crippen LogP contribution in [0.3, 0.4) is 0 Å². The summed E-state index contributed by atoms with van der Waals surface area (Å²) < 4.78 is 6.06. The maximum absolute atomic E-state index is 5.00. The SMILES string of the molecule is COCCCNCC(C)Sc1ncccc1Br. The van der Waals surface area contributed by atoms with E-state index in [4.69, 9.17) is 4.74 Å². The molecule has 1 N–H and O–H groups in total. The predicted octanol–water partition coefficient (Wildman–Crippen LogP) is 2.95. The number of hydrogen-bond donors (Lipinski definition) is 1. The molecule has 1 heterocycles. The van der Waals surface area contributed by atoms with E-state index in [0.717, 1.165) is 35.6 Å². The molecule has 0 spiro atoms. The number of ether oxygens (including phenoxy) is 1. The van der Waals surface area contributed by atoms with Crippen molar-refractivity contribution in [2.45, 2.75) is 23.6 Å². The molecule has 1 rings (SSSR count). The molecule has 1 unspecified atom stereocenters. The van der Waals surface area contributed by atoms with E-state index in [1.807, 2.05) is 18.3 Å². The summed E-state index contributed by atoms with van der Waals surface area (Å²) in [6.45, 7) is 5.01. The van der Waals surface area contributed by atoms with Crippen LogP contribution in [0, 0.1) is 0 Å². The molecule has 0 aliphatic rings. The van der Waals surface area contributed by atoms with E-state index in [-0.39, 0.29) is 0 Å². The van der Waals surface area contributed by atoms with E-state index in [1.165, 1.54) is 0 Å². The summed E-state index contributed by atoms with van der Waals surface area (Å²) in [6.07, 6.45) is 2.88. The quantitative estimate of drug-likeness (QED) is 0.590. The summed E-state index contributed by atoms with van der Waals surface area (Å²) in [5.41, 5.74) is 0. The minimum Gasteiger partial charge on any atom is -0.385 e. The Kier molecular flexibility index (Phi) is 7.84. The fourth-order valence-electron chi connectivity index (χ4n) is 1.34. The second-order valence-corrected chi connectivity index (χ2v) is 6.05. The molecule has 17 heavy (non-hydrogen) atoms. The van der Waals surface area contributed by atoms with E-state index in [9.17, 15) is 0 Å². The van der Waals surface area contributed by atoms with Crippen LogP contribution in [0.15, 0.2) is 27.8 Å².